The van der Waals surface area contributed by atoms with Crippen LogP contribution in [-0.4, -0.2) is 34.1 Å². The van der Waals surface area contributed by atoms with Crippen molar-refractivity contribution in [3.05, 3.63) is 59.1 Å². The minimum atomic E-state index is -3.77. The van der Waals surface area contributed by atoms with Crippen molar-refractivity contribution < 1.29 is 22.7 Å². The molecule has 0 amide bonds. The van der Waals surface area contributed by atoms with Crippen molar-refractivity contribution in [1.29, 1.82) is 0 Å². The molecule has 0 aromatic heterocycles. The van der Waals surface area contributed by atoms with Gasteiger partial charge in [0.2, 0.25) is 10.0 Å². The molecular weight excluding hydrogens is 378 g/mol. The van der Waals surface area contributed by atoms with E-state index in [1.807, 2.05) is 31.2 Å². The lowest BCUT2D eigenvalue weighted by Gasteiger charge is -2.09. The summed E-state index contributed by atoms with van der Waals surface area (Å²) in [6, 6.07) is 13.6. The highest BCUT2D eigenvalue weighted by atomic mass is 35.5. The smallest absolute Gasteiger partial charge is 0.307 e. The summed E-state index contributed by atoms with van der Waals surface area (Å²) >= 11 is 5.87. The molecule has 2 rings (SSSR count). The van der Waals surface area contributed by atoms with Gasteiger partial charge in [-0.15, -0.1) is 0 Å². The molecule has 140 valence electrons. The molecule has 6 nitrogen and oxygen atoms in total. The topological polar surface area (TPSA) is 81.7 Å². The molecule has 0 saturated carbocycles. The molecule has 2 aromatic rings. The summed E-state index contributed by atoms with van der Waals surface area (Å²) < 4.78 is 37.0. The Morgan fingerprint density at radius 2 is 1.77 bits per heavy atom. The summed E-state index contributed by atoms with van der Waals surface area (Å²) in [5, 5.41) is 0.121. The number of carbonyl (C=O) groups is 1. The maximum absolute atomic E-state index is 12.1. The molecule has 0 aliphatic heterocycles. The number of ether oxygens (including phenoxy) is 2. The van der Waals surface area contributed by atoms with Crippen LogP contribution in [0.15, 0.2) is 53.4 Å². The number of sulfonamides is 1. The van der Waals surface area contributed by atoms with Crippen molar-refractivity contribution in [2.24, 2.45) is 0 Å². The molecule has 2 aromatic carbocycles. The molecule has 1 N–H and O–H groups in total. The molecule has 0 unspecified atom stereocenters. The van der Waals surface area contributed by atoms with Gasteiger partial charge in [-0.25, -0.2) is 13.1 Å². The third kappa shape index (κ3) is 6.33. The zero-order valence-electron chi connectivity index (χ0n) is 14.3. The van der Waals surface area contributed by atoms with Gasteiger partial charge in [0.1, 0.15) is 23.9 Å². The van der Waals surface area contributed by atoms with E-state index in [0.717, 1.165) is 5.56 Å². The zero-order chi connectivity index (χ0) is 19.0. The third-order valence-electron chi connectivity index (χ3n) is 3.38. The van der Waals surface area contributed by atoms with Crippen molar-refractivity contribution in [3.63, 3.8) is 0 Å². The Balaban J connectivity index is 1.67. The highest BCUT2D eigenvalue weighted by Crippen LogP contribution is 2.19. The molecular formula is C18H20ClNO5S. The summed E-state index contributed by atoms with van der Waals surface area (Å²) in [6.45, 7) is 2.21. The fraction of sp³-hybridized carbons (Fsp3) is 0.278. The second-order valence-electron chi connectivity index (χ2n) is 5.46. The van der Waals surface area contributed by atoms with Crippen molar-refractivity contribution in [2.45, 2.75) is 18.2 Å². The first-order valence-corrected chi connectivity index (χ1v) is 9.84. The highest BCUT2D eigenvalue weighted by molar-refractivity contribution is 7.89. The van der Waals surface area contributed by atoms with E-state index >= 15 is 0 Å². The Labute approximate surface area is 158 Å². The lowest BCUT2D eigenvalue weighted by atomic mass is 10.2. The second-order valence-corrected chi connectivity index (χ2v) is 7.60. The first kappa shape index (κ1) is 20.2. The van der Waals surface area contributed by atoms with Crippen LogP contribution in [0.4, 0.5) is 0 Å². The fourth-order valence-corrected chi connectivity index (χ4v) is 3.60. The van der Waals surface area contributed by atoms with Crippen LogP contribution in [0.2, 0.25) is 5.02 Å². The molecule has 0 saturated heterocycles. The number of halogens is 1. The molecule has 8 heteroatoms. The van der Waals surface area contributed by atoms with E-state index in [2.05, 4.69) is 4.72 Å². The number of benzene rings is 2. The Hall–Kier alpha value is -2.09. The first-order valence-electron chi connectivity index (χ1n) is 7.98. The minimum absolute atomic E-state index is 0.0264. The van der Waals surface area contributed by atoms with Crippen LogP contribution < -0.4 is 9.46 Å². The van der Waals surface area contributed by atoms with Crippen LogP contribution in [-0.2, 0) is 19.6 Å². The second kappa shape index (κ2) is 9.56. The van der Waals surface area contributed by atoms with Gasteiger partial charge in [0.25, 0.3) is 0 Å². The predicted molar refractivity (Wildman–Crippen MR) is 98.9 cm³/mol. The van der Waals surface area contributed by atoms with Gasteiger partial charge in [-0.05, 0) is 31.2 Å². The quantitative estimate of drug-likeness (QED) is 0.519. The van der Waals surface area contributed by atoms with Gasteiger partial charge in [0.05, 0.1) is 11.4 Å². The Morgan fingerprint density at radius 3 is 2.46 bits per heavy atom. The van der Waals surface area contributed by atoms with E-state index in [-0.39, 0.29) is 36.1 Å². The monoisotopic (exact) mass is 397 g/mol. The normalized spacial score (nSPS) is 11.2. The van der Waals surface area contributed by atoms with Crippen molar-refractivity contribution >= 4 is 27.6 Å². The Kier molecular flexibility index (Phi) is 7.44. The van der Waals surface area contributed by atoms with Crippen molar-refractivity contribution in [1.82, 2.24) is 4.72 Å². The highest BCUT2D eigenvalue weighted by Gasteiger charge is 2.17. The van der Waals surface area contributed by atoms with Gasteiger partial charge < -0.3 is 9.47 Å². The summed E-state index contributed by atoms with van der Waals surface area (Å²) in [4.78, 5) is 11.6. The van der Waals surface area contributed by atoms with Crippen molar-refractivity contribution in [3.8, 4) is 5.75 Å². The number of carbonyl (C=O) groups excluding carboxylic acids is 1. The predicted octanol–water partition coefficient (Wildman–Crippen LogP) is 2.94. The number of nitrogens with one attached hydrogen (secondary N) is 1. The van der Waals surface area contributed by atoms with Crippen LogP contribution >= 0.6 is 11.6 Å². The lowest BCUT2D eigenvalue weighted by molar-refractivity contribution is -0.144. The lowest BCUT2D eigenvalue weighted by Crippen LogP contribution is -2.27. The molecule has 0 heterocycles. The Morgan fingerprint density at radius 1 is 1.08 bits per heavy atom. The number of esters is 1. The molecule has 0 bridgehead atoms. The maximum Gasteiger partial charge on any atom is 0.307 e. The van der Waals surface area contributed by atoms with Crippen LogP contribution in [0.3, 0.4) is 0 Å². The third-order valence-corrected chi connectivity index (χ3v) is 5.34. The van der Waals surface area contributed by atoms with Gasteiger partial charge in [0.15, 0.2) is 0 Å². The van der Waals surface area contributed by atoms with Crippen LogP contribution in [0, 0.1) is 6.92 Å². The zero-order valence-corrected chi connectivity index (χ0v) is 15.8. The largest absolute Gasteiger partial charge is 0.490 e. The average molecular weight is 398 g/mol. The summed E-state index contributed by atoms with van der Waals surface area (Å²) in [7, 11) is -3.77. The molecule has 0 aliphatic rings. The van der Waals surface area contributed by atoms with E-state index in [1.54, 1.807) is 12.1 Å². The van der Waals surface area contributed by atoms with E-state index in [1.165, 1.54) is 12.1 Å². The average Bonchev–Trinajstić information content (AvgIpc) is 2.60. The number of hydrogen-bond acceptors (Lipinski definition) is 5. The SMILES string of the molecule is Cc1ccc(OCCOC(=O)CCNS(=O)(=O)c2ccccc2Cl)cc1. The van der Waals surface area contributed by atoms with E-state index in [4.69, 9.17) is 21.1 Å². The maximum atomic E-state index is 12.1. The molecule has 0 fully saturated rings. The van der Waals surface area contributed by atoms with Crippen LogP contribution in [0.5, 0.6) is 5.75 Å². The minimum Gasteiger partial charge on any atom is -0.490 e. The summed E-state index contributed by atoms with van der Waals surface area (Å²) in [5.74, 6) is 0.179. The van der Waals surface area contributed by atoms with Crippen molar-refractivity contribution in [2.75, 3.05) is 19.8 Å². The molecule has 0 aliphatic carbocycles. The standard InChI is InChI=1S/C18H20ClNO5S/c1-14-6-8-15(9-7-14)24-12-13-25-18(21)10-11-20-26(22,23)17-5-3-2-4-16(17)19/h2-9,20H,10-13H2,1H3. The van der Waals surface area contributed by atoms with E-state index in [0.29, 0.717) is 5.75 Å². The van der Waals surface area contributed by atoms with Gasteiger partial charge in [-0.3, -0.25) is 4.79 Å². The van der Waals surface area contributed by atoms with Crippen LogP contribution in [0.1, 0.15) is 12.0 Å². The molecule has 26 heavy (non-hydrogen) atoms. The Bertz CT molecular complexity index is 837. The first-order chi connectivity index (χ1) is 12.4. The summed E-state index contributed by atoms with van der Waals surface area (Å²) in [5.41, 5.74) is 1.13. The molecule has 0 spiro atoms. The molecule has 0 atom stereocenters. The van der Waals surface area contributed by atoms with Crippen LogP contribution in [0.25, 0.3) is 0 Å². The number of aryl methyl sites for hydroxylation is 1. The van der Waals surface area contributed by atoms with Gasteiger partial charge in [-0.1, -0.05) is 41.4 Å². The molecule has 0 radical (unpaired) electrons. The fourth-order valence-electron chi connectivity index (χ4n) is 2.05. The summed E-state index contributed by atoms with van der Waals surface area (Å²) in [6.07, 6.45) is -0.0891. The van der Waals surface area contributed by atoms with Gasteiger partial charge in [-0.2, -0.15) is 0 Å². The van der Waals surface area contributed by atoms with E-state index < -0.39 is 16.0 Å². The number of hydrogen-bond donors (Lipinski definition) is 1. The van der Waals surface area contributed by atoms with E-state index in [9.17, 15) is 13.2 Å². The van der Waals surface area contributed by atoms with Gasteiger partial charge in [0, 0.05) is 6.54 Å². The van der Waals surface area contributed by atoms with Gasteiger partial charge >= 0.3 is 5.97 Å². The number of rotatable bonds is 9.